The van der Waals surface area contributed by atoms with Crippen molar-refractivity contribution in [1.29, 1.82) is 0 Å². The standard InChI is InChI=1S/C12H20N2O5/c1-11(2)9-7(4-3-5-18-9)12(11,13)10(17)14-19-6-8(15)16/h7,9H,3-6,13H2,1-2H3,(H,14,17)(H,15,16). The Kier molecular flexibility index (Phi) is 3.55. The minimum absolute atomic E-state index is 0.0310. The fraction of sp³-hybridized carbons (Fsp3) is 0.833. The monoisotopic (exact) mass is 272 g/mol. The molecule has 3 unspecified atom stereocenters. The third-order valence-electron chi connectivity index (χ3n) is 4.42. The minimum Gasteiger partial charge on any atom is -0.479 e. The summed E-state index contributed by atoms with van der Waals surface area (Å²) in [6.45, 7) is 3.87. The van der Waals surface area contributed by atoms with Gasteiger partial charge in [-0.05, 0) is 12.8 Å². The van der Waals surface area contributed by atoms with Crippen LogP contribution in [-0.4, -0.2) is 41.8 Å². The molecule has 0 aromatic carbocycles. The van der Waals surface area contributed by atoms with E-state index in [1.54, 1.807) is 0 Å². The normalized spacial score (nSPS) is 35.9. The van der Waals surface area contributed by atoms with Gasteiger partial charge in [0, 0.05) is 17.9 Å². The first kappa shape index (κ1) is 14.2. The van der Waals surface area contributed by atoms with Crippen molar-refractivity contribution in [2.75, 3.05) is 13.2 Å². The molecule has 1 aliphatic carbocycles. The van der Waals surface area contributed by atoms with Crippen molar-refractivity contribution >= 4 is 11.9 Å². The Morgan fingerprint density at radius 1 is 1.53 bits per heavy atom. The van der Waals surface area contributed by atoms with Crippen molar-refractivity contribution in [1.82, 2.24) is 5.48 Å². The zero-order valence-corrected chi connectivity index (χ0v) is 11.1. The third-order valence-corrected chi connectivity index (χ3v) is 4.42. The summed E-state index contributed by atoms with van der Waals surface area (Å²) < 4.78 is 5.69. The number of aliphatic carboxylic acids is 1. The second kappa shape index (κ2) is 4.73. The molecule has 1 amide bonds. The molecule has 0 aromatic heterocycles. The van der Waals surface area contributed by atoms with Crippen LogP contribution in [0.5, 0.6) is 0 Å². The summed E-state index contributed by atoms with van der Waals surface area (Å²) in [5.41, 5.74) is 6.83. The number of nitrogens with one attached hydrogen (secondary N) is 1. The molecule has 4 N–H and O–H groups in total. The highest BCUT2D eigenvalue weighted by atomic mass is 16.7. The molecule has 19 heavy (non-hydrogen) atoms. The molecular formula is C12H20N2O5. The molecule has 2 aliphatic rings. The summed E-state index contributed by atoms with van der Waals surface area (Å²) >= 11 is 0. The number of ether oxygens (including phenoxy) is 1. The second-order valence-electron chi connectivity index (χ2n) is 5.74. The SMILES string of the molecule is CC1(C)C2OCCCC2C1(N)C(=O)NOCC(=O)O. The van der Waals surface area contributed by atoms with Crippen molar-refractivity contribution in [2.45, 2.75) is 38.3 Å². The van der Waals surface area contributed by atoms with Gasteiger partial charge in [0.1, 0.15) is 5.54 Å². The van der Waals surface area contributed by atoms with E-state index >= 15 is 0 Å². The Morgan fingerprint density at radius 3 is 2.84 bits per heavy atom. The summed E-state index contributed by atoms with van der Waals surface area (Å²) in [7, 11) is 0. The van der Waals surface area contributed by atoms with Crippen LogP contribution in [0.3, 0.4) is 0 Å². The molecule has 0 spiro atoms. The Hall–Kier alpha value is -1.18. The molecule has 3 atom stereocenters. The minimum atomic E-state index is -1.15. The smallest absolute Gasteiger partial charge is 0.332 e. The first-order chi connectivity index (χ1) is 8.81. The summed E-state index contributed by atoms with van der Waals surface area (Å²) in [6.07, 6.45) is 1.67. The van der Waals surface area contributed by atoms with Gasteiger partial charge in [-0.25, -0.2) is 10.3 Å². The number of amides is 1. The van der Waals surface area contributed by atoms with Crippen molar-refractivity contribution < 1.29 is 24.3 Å². The Morgan fingerprint density at radius 2 is 2.21 bits per heavy atom. The highest BCUT2D eigenvalue weighted by molar-refractivity contribution is 5.88. The van der Waals surface area contributed by atoms with E-state index in [4.69, 9.17) is 15.6 Å². The number of carbonyl (C=O) groups excluding carboxylic acids is 1. The molecule has 1 saturated heterocycles. The number of hydroxylamine groups is 1. The average Bonchev–Trinajstić information content (AvgIpc) is 2.37. The first-order valence-corrected chi connectivity index (χ1v) is 6.36. The number of nitrogens with two attached hydrogens (primary N) is 1. The van der Waals surface area contributed by atoms with E-state index in [1.807, 2.05) is 13.8 Å². The van der Waals surface area contributed by atoms with Crippen molar-refractivity contribution in [3.8, 4) is 0 Å². The van der Waals surface area contributed by atoms with Crippen LogP contribution >= 0.6 is 0 Å². The number of rotatable bonds is 4. The van der Waals surface area contributed by atoms with E-state index in [0.29, 0.717) is 6.61 Å². The van der Waals surface area contributed by atoms with Crippen LogP contribution in [0.15, 0.2) is 0 Å². The van der Waals surface area contributed by atoms with Crippen LogP contribution in [0.2, 0.25) is 0 Å². The van der Waals surface area contributed by atoms with E-state index in [2.05, 4.69) is 10.3 Å². The highest BCUT2D eigenvalue weighted by Crippen LogP contribution is 2.57. The summed E-state index contributed by atoms with van der Waals surface area (Å²) in [5, 5.41) is 8.46. The lowest BCUT2D eigenvalue weighted by Crippen LogP contribution is -2.82. The maximum Gasteiger partial charge on any atom is 0.332 e. The van der Waals surface area contributed by atoms with Crippen molar-refractivity contribution in [2.24, 2.45) is 17.1 Å². The van der Waals surface area contributed by atoms with Gasteiger partial charge < -0.3 is 15.6 Å². The topological polar surface area (TPSA) is 111 Å². The molecule has 7 nitrogen and oxygen atoms in total. The highest BCUT2D eigenvalue weighted by Gasteiger charge is 2.70. The quantitative estimate of drug-likeness (QED) is 0.603. The number of carbonyl (C=O) groups is 2. The van der Waals surface area contributed by atoms with Gasteiger partial charge in [-0.3, -0.25) is 9.63 Å². The molecule has 1 heterocycles. The van der Waals surface area contributed by atoms with E-state index in [1.165, 1.54) is 0 Å². The van der Waals surface area contributed by atoms with E-state index < -0.39 is 29.4 Å². The zero-order chi connectivity index (χ0) is 14.3. The predicted molar refractivity (Wildman–Crippen MR) is 64.9 cm³/mol. The molecule has 7 heteroatoms. The first-order valence-electron chi connectivity index (χ1n) is 6.36. The fourth-order valence-electron chi connectivity index (χ4n) is 3.28. The van der Waals surface area contributed by atoms with E-state index in [-0.39, 0.29) is 12.0 Å². The Balaban J connectivity index is 2.04. The van der Waals surface area contributed by atoms with Crippen LogP contribution in [0.1, 0.15) is 26.7 Å². The number of hydrogen-bond acceptors (Lipinski definition) is 5. The van der Waals surface area contributed by atoms with Crippen LogP contribution in [0.4, 0.5) is 0 Å². The summed E-state index contributed by atoms with van der Waals surface area (Å²) in [4.78, 5) is 27.2. The van der Waals surface area contributed by atoms with Gasteiger partial charge >= 0.3 is 5.97 Å². The van der Waals surface area contributed by atoms with Crippen molar-refractivity contribution in [3.05, 3.63) is 0 Å². The Labute approximate surface area is 111 Å². The molecule has 1 saturated carbocycles. The lowest BCUT2D eigenvalue weighted by atomic mass is 9.46. The number of carboxylic acids is 1. The Bertz CT molecular complexity index is 398. The van der Waals surface area contributed by atoms with Crippen LogP contribution in [-0.2, 0) is 19.2 Å². The number of carboxylic acid groups (broad SMARTS) is 1. The van der Waals surface area contributed by atoms with E-state index in [9.17, 15) is 9.59 Å². The molecule has 0 aromatic rings. The van der Waals surface area contributed by atoms with Gasteiger partial charge in [0.25, 0.3) is 5.91 Å². The number of hydrogen-bond donors (Lipinski definition) is 3. The molecule has 2 rings (SSSR count). The summed E-state index contributed by atoms with van der Waals surface area (Å²) in [6, 6.07) is 0. The van der Waals surface area contributed by atoms with Gasteiger partial charge in [0.2, 0.25) is 0 Å². The van der Waals surface area contributed by atoms with Crippen molar-refractivity contribution in [3.63, 3.8) is 0 Å². The largest absolute Gasteiger partial charge is 0.479 e. The van der Waals surface area contributed by atoms with Crippen LogP contribution in [0.25, 0.3) is 0 Å². The van der Waals surface area contributed by atoms with Gasteiger partial charge in [-0.2, -0.15) is 0 Å². The van der Waals surface area contributed by atoms with E-state index in [0.717, 1.165) is 12.8 Å². The molecular weight excluding hydrogens is 252 g/mol. The van der Waals surface area contributed by atoms with Crippen LogP contribution in [0, 0.1) is 11.3 Å². The third kappa shape index (κ3) is 2.01. The fourth-order valence-corrected chi connectivity index (χ4v) is 3.28. The maximum absolute atomic E-state index is 12.2. The van der Waals surface area contributed by atoms with Gasteiger partial charge in [-0.1, -0.05) is 13.8 Å². The van der Waals surface area contributed by atoms with Gasteiger partial charge in [-0.15, -0.1) is 0 Å². The summed E-state index contributed by atoms with van der Waals surface area (Å²) in [5.74, 6) is -1.69. The average molecular weight is 272 g/mol. The molecule has 2 fully saturated rings. The zero-order valence-electron chi connectivity index (χ0n) is 11.1. The molecule has 0 bridgehead atoms. The van der Waals surface area contributed by atoms with Crippen LogP contribution < -0.4 is 11.2 Å². The molecule has 108 valence electrons. The second-order valence-corrected chi connectivity index (χ2v) is 5.74. The lowest BCUT2D eigenvalue weighted by molar-refractivity contribution is -0.229. The predicted octanol–water partition coefficient (Wildman–Crippen LogP) is -0.349. The lowest BCUT2D eigenvalue weighted by Gasteiger charge is -2.64. The van der Waals surface area contributed by atoms with Gasteiger partial charge in [0.15, 0.2) is 6.61 Å². The molecule has 0 radical (unpaired) electrons. The number of fused-ring (bicyclic) bond motifs is 1. The maximum atomic E-state index is 12.2. The molecule has 1 aliphatic heterocycles. The van der Waals surface area contributed by atoms with Gasteiger partial charge in [0.05, 0.1) is 6.10 Å².